The maximum atomic E-state index is 12.5. The average molecular weight is 666 g/mol. The van der Waals surface area contributed by atoms with E-state index in [1.807, 2.05) is 21.1 Å². The number of ether oxygens (including phenoxy) is 2. The van der Waals surface area contributed by atoms with Crippen molar-refractivity contribution in [3.8, 4) is 0 Å². The summed E-state index contributed by atoms with van der Waals surface area (Å²) in [5.74, 6) is -1.19. The van der Waals surface area contributed by atoms with E-state index in [0.717, 1.165) is 38.5 Å². The third kappa shape index (κ3) is 34.1. The van der Waals surface area contributed by atoms with Crippen LogP contribution in [0.3, 0.4) is 0 Å². The zero-order valence-corrected chi connectivity index (χ0v) is 30.2. The summed E-state index contributed by atoms with van der Waals surface area (Å²) in [4.78, 5) is 35.3. The van der Waals surface area contributed by atoms with Crippen LogP contribution in [0.2, 0.25) is 0 Å². The van der Waals surface area contributed by atoms with Crippen molar-refractivity contribution in [3.05, 3.63) is 0 Å². The fraction of sp³-hybridized carbons (Fsp3) is 0.941. The maximum absolute atomic E-state index is 12.5. The van der Waals surface area contributed by atoms with E-state index in [-0.39, 0.29) is 32.7 Å². The van der Waals surface area contributed by atoms with Crippen LogP contribution in [0.4, 0.5) is 0 Å². The summed E-state index contributed by atoms with van der Waals surface area (Å²) >= 11 is 0. The third-order valence-corrected chi connectivity index (χ3v) is 8.66. The van der Waals surface area contributed by atoms with Crippen LogP contribution in [-0.2, 0) is 32.7 Å². The average Bonchev–Trinajstić information content (AvgIpc) is 2.96. The van der Waals surface area contributed by atoms with E-state index in [4.69, 9.17) is 23.6 Å². The number of rotatable bonds is 34. The molecule has 1 unspecified atom stereocenters. The quantitative estimate of drug-likeness (QED) is 0.0316. The molecule has 0 aliphatic heterocycles. The highest BCUT2D eigenvalue weighted by Crippen LogP contribution is 2.38. The summed E-state index contributed by atoms with van der Waals surface area (Å²) in [6, 6.07) is 0. The van der Waals surface area contributed by atoms with Crippen molar-refractivity contribution in [3.63, 3.8) is 0 Å². The van der Waals surface area contributed by atoms with Crippen LogP contribution < -0.4 is 4.89 Å². The molecule has 0 spiro atoms. The number of nitrogens with zero attached hydrogens (tertiary/aromatic N) is 1. The smallest absolute Gasteiger partial charge is 0.306 e. The summed E-state index contributed by atoms with van der Waals surface area (Å²) < 4.78 is 34.1. The monoisotopic (exact) mass is 665 g/mol. The first-order chi connectivity index (χ1) is 21.4. The minimum absolute atomic E-state index is 0.000659. The van der Waals surface area contributed by atoms with Crippen LogP contribution >= 0.6 is 7.82 Å². The number of carboxylic acids is 1. The molecular weight excluding hydrogens is 597 g/mol. The van der Waals surface area contributed by atoms with E-state index in [2.05, 4.69) is 6.92 Å². The molecule has 11 heteroatoms. The summed E-state index contributed by atoms with van der Waals surface area (Å²) in [5.41, 5.74) is 0. The van der Waals surface area contributed by atoms with Crippen molar-refractivity contribution < 1.29 is 47.2 Å². The van der Waals surface area contributed by atoms with Gasteiger partial charge in [0, 0.05) is 19.4 Å². The van der Waals surface area contributed by atoms with Crippen LogP contribution in [0, 0.1) is 0 Å². The van der Waals surface area contributed by atoms with Gasteiger partial charge in [0.2, 0.25) is 0 Å². The Morgan fingerprint density at radius 2 is 1.13 bits per heavy atom. The number of phosphoric acid groups is 1. The Hall–Kier alpha value is -1.03. The van der Waals surface area contributed by atoms with Crippen molar-refractivity contribution in [2.75, 3.05) is 54.1 Å². The van der Waals surface area contributed by atoms with E-state index in [1.54, 1.807) is 0 Å². The van der Waals surface area contributed by atoms with E-state index in [9.17, 15) is 19.0 Å². The van der Waals surface area contributed by atoms with Crippen LogP contribution in [-0.4, -0.2) is 81.7 Å². The van der Waals surface area contributed by atoms with E-state index in [1.165, 1.54) is 77.0 Å². The summed E-state index contributed by atoms with van der Waals surface area (Å²) in [5, 5.41) is 8.70. The Morgan fingerprint density at radius 1 is 0.667 bits per heavy atom. The highest BCUT2D eigenvalue weighted by atomic mass is 31.2. The van der Waals surface area contributed by atoms with Crippen LogP contribution in [0.1, 0.15) is 148 Å². The zero-order valence-electron chi connectivity index (χ0n) is 29.3. The van der Waals surface area contributed by atoms with Crippen LogP contribution in [0.5, 0.6) is 0 Å². The summed E-state index contributed by atoms with van der Waals surface area (Å²) in [7, 11) is 1.26. The number of likely N-dealkylation sites (N-methyl/N-ethyl adjacent to an activating group) is 1. The molecule has 45 heavy (non-hydrogen) atoms. The fourth-order valence-electron chi connectivity index (χ4n) is 4.87. The van der Waals surface area contributed by atoms with Gasteiger partial charge in [-0.1, -0.05) is 116 Å². The summed E-state index contributed by atoms with van der Waals surface area (Å²) in [6.07, 6.45) is 22.3. The van der Waals surface area contributed by atoms with Crippen molar-refractivity contribution >= 4 is 19.8 Å². The number of unbranched alkanes of at least 4 members (excludes halogenated alkanes) is 18. The van der Waals surface area contributed by atoms with Crippen molar-refractivity contribution in [1.82, 2.24) is 0 Å². The molecule has 1 N–H and O–H groups in total. The largest absolute Gasteiger partial charge is 0.756 e. The van der Waals surface area contributed by atoms with Gasteiger partial charge < -0.3 is 33.0 Å². The standard InChI is InChI=1S/C34H68NO9P/c1-5-6-7-8-9-10-11-12-13-14-15-18-21-24-28-41-30-32(31-43-45(39,40)42-29-27-35(2,3)4)44-34(38)26-23-20-17-16-19-22-25-33(36)37/h32H,5-31H2,1-4H3,(H-,36,37,39,40)/t32-/m1/s1. The number of quaternary nitrogens is 1. The first kappa shape index (κ1) is 44.0. The van der Waals surface area contributed by atoms with Gasteiger partial charge in [-0.2, -0.15) is 0 Å². The lowest BCUT2D eigenvalue weighted by atomic mass is 10.0. The lowest BCUT2D eigenvalue weighted by Crippen LogP contribution is -2.37. The molecule has 0 saturated carbocycles. The Balaban J connectivity index is 4.26. The van der Waals surface area contributed by atoms with Crippen molar-refractivity contribution in [2.45, 2.75) is 154 Å². The molecule has 0 heterocycles. The van der Waals surface area contributed by atoms with Crippen molar-refractivity contribution in [2.24, 2.45) is 0 Å². The lowest BCUT2D eigenvalue weighted by molar-refractivity contribution is -0.870. The van der Waals surface area contributed by atoms with E-state index >= 15 is 0 Å². The van der Waals surface area contributed by atoms with Gasteiger partial charge in [0.15, 0.2) is 0 Å². The lowest BCUT2D eigenvalue weighted by Gasteiger charge is -2.28. The maximum Gasteiger partial charge on any atom is 0.306 e. The SMILES string of the molecule is CCCCCCCCCCCCCCCCOC[C@H](COP(=O)([O-])OCC[N+](C)(C)C)OC(=O)CCCCCCCCC(=O)O. The van der Waals surface area contributed by atoms with Gasteiger partial charge in [-0.25, -0.2) is 0 Å². The molecule has 0 bridgehead atoms. The molecule has 0 aromatic carbocycles. The molecule has 0 aromatic heterocycles. The van der Waals surface area contributed by atoms with Crippen LogP contribution in [0.15, 0.2) is 0 Å². The van der Waals surface area contributed by atoms with Gasteiger partial charge in [-0.15, -0.1) is 0 Å². The number of carbonyl (C=O) groups is 2. The number of phosphoric ester groups is 1. The van der Waals surface area contributed by atoms with Gasteiger partial charge in [-0.05, 0) is 19.3 Å². The first-order valence-corrected chi connectivity index (χ1v) is 19.3. The first-order valence-electron chi connectivity index (χ1n) is 17.8. The fourth-order valence-corrected chi connectivity index (χ4v) is 5.59. The third-order valence-electron chi connectivity index (χ3n) is 7.70. The Labute approximate surface area is 275 Å². The topological polar surface area (TPSA) is 131 Å². The van der Waals surface area contributed by atoms with Crippen LogP contribution in [0.25, 0.3) is 0 Å². The normalized spacial score (nSPS) is 13.9. The molecule has 0 aliphatic carbocycles. The Kier molecular flexibility index (Phi) is 28.5. The second kappa shape index (κ2) is 29.1. The van der Waals surface area contributed by atoms with E-state index < -0.39 is 25.9 Å². The summed E-state index contributed by atoms with van der Waals surface area (Å²) in [6.45, 7) is 2.98. The van der Waals surface area contributed by atoms with Gasteiger partial charge in [-0.3, -0.25) is 14.2 Å². The highest BCUT2D eigenvalue weighted by molar-refractivity contribution is 7.45. The number of esters is 1. The molecular formula is C34H68NO9P. The number of carboxylic acid groups (broad SMARTS) is 1. The Morgan fingerprint density at radius 3 is 1.62 bits per heavy atom. The van der Waals surface area contributed by atoms with Gasteiger partial charge in [0.1, 0.15) is 19.3 Å². The molecule has 0 aromatic rings. The van der Waals surface area contributed by atoms with Gasteiger partial charge in [0.05, 0.1) is 34.4 Å². The minimum atomic E-state index is -4.54. The molecule has 0 radical (unpaired) electrons. The number of aliphatic carboxylic acids is 1. The van der Waals surface area contributed by atoms with Crippen molar-refractivity contribution in [1.29, 1.82) is 0 Å². The molecule has 0 saturated heterocycles. The number of carbonyl (C=O) groups excluding carboxylic acids is 1. The Bertz CT molecular complexity index is 760. The highest BCUT2D eigenvalue weighted by Gasteiger charge is 2.20. The predicted octanol–water partition coefficient (Wildman–Crippen LogP) is 7.81. The number of hydrogen-bond acceptors (Lipinski definition) is 8. The van der Waals surface area contributed by atoms with Gasteiger partial charge in [0.25, 0.3) is 7.82 Å². The molecule has 0 rings (SSSR count). The molecule has 2 atom stereocenters. The number of hydrogen-bond donors (Lipinski definition) is 1. The molecule has 10 nitrogen and oxygen atoms in total. The second-order valence-electron chi connectivity index (χ2n) is 13.4. The molecule has 0 aliphatic rings. The zero-order chi connectivity index (χ0) is 33.7. The molecule has 0 amide bonds. The molecule has 268 valence electrons. The minimum Gasteiger partial charge on any atom is -0.756 e. The predicted molar refractivity (Wildman–Crippen MR) is 178 cm³/mol. The second-order valence-corrected chi connectivity index (χ2v) is 14.8. The van der Waals surface area contributed by atoms with E-state index in [0.29, 0.717) is 30.5 Å². The van der Waals surface area contributed by atoms with Gasteiger partial charge >= 0.3 is 11.9 Å². The molecule has 0 fully saturated rings.